The highest BCUT2D eigenvalue weighted by molar-refractivity contribution is 7.99. The van der Waals surface area contributed by atoms with Crippen LogP contribution in [0, 0.1) is 5.92 Å². The molecule has 0 atom stereocenters. The van der Waals surface area contributed by atoms with Crippen molar-refractivity contribution in [3.05, 3.63) is 29.8 Å². The van der Waals surface area contributed by atoms with E-state index < -0.39 is 0 Å². The Bertz CT molecular complexity index is 576. The molecule has 0 unspecified atom stereocenters. The van der Waals surface area contributed by atoms with Crippen LogP contribution in [0.1, 0.15) is 44.1 Å². The van der Waals surface area contributed by atoms with Gasteiger partial charge in [-0.15, -0.1) is 0 Å². The first-order valence-electron chi connectivity index (χ1n) is 9.45. The van der Waals surface area contributed by atoms with Crippen LogP contribution in [0.3, 0.4) is 0 Å². The predicted octanol–water partition coefficient (Wildman–Crippen LogP) is 3.71. The molecule has 136 valence electrons. The second-order valence-corrected chi connectivity index (χ2v) is 8.33. The number of carbonyl (C=O) groups excluding carboxylic acids is 2. The fourth-order valence-electron chi connectivity index (χ4n) is 3.66. The van der Waals surface area contributed by atoms with Crippen molar-refractivity contribution in [1.29, 1.82) is 0 Å². The van der Waals surface area contributed by atoms with E-state index in [-0.39, 0.29) is 11.8 Å². The first kappa shape index (κ1) is 18.3. The van der Waals surface area contributed by atoms with Gasteiger partial charge < -0.3 is 10.2 Å². The molecule has 1 N–H and O–H groups in total. The van der Waals surface area contributed by atoms with Crippen molar-refractivity contribution in [2.45, 2.75) is 44.9 Å². The highest BCUT2D eigenvalue weighted by Gasteiger charge is 2.17. The molecule has 0 radical (unpaired) electrons. The fourth-order valence-corrected chi connectivity index (χ4v) is 4.57. The van der Waals surface area contributed by atoms with Crippen molar-refractivity contribution in [2.75, 3.05) is 29.9 Å². The lowest BCUT2D eigenvalue weighted by Gasteiger charge is -2.26. The van der Waals surface area contributed by atoms with E-state index in [0.29, 0.717) is 12.8 Å². The molecule has 0 aromatic heterocycles. The van der Waals surface area contributed by atoms with E-state index in [2.05, 4.69) is 5.32 Å². The maximum atomic E-state index is 12.3. The summed E-state index contributed by atoms with van der Waals surface area (Å²) >= 11 is 1.91. The largest absolute Gasteiger partial charge is 0.341 e. The molecular formula is C20H28N2O2S. The average Bonchev–Trinajstić information content (AvgIpc) is 3.16. The minimum Gasteiger partial charge on any atom is -0.341 e. The number of rotatable bonds is 6. The highest BCUT2D eigenvalue weighted by atomic mass is 32.2. The standard InChI is InChI=1S/C20H28N2O2S/c23-19(10-7-16-3-1-2-4-16)21-18-8-5-17(6-9-18)15-20(24)22-11-13-25-14-12-22/h5-6,8-9,16H,1-4,7,10-15H2,(H,21,23). The van der Waals surface area contributed by atoms with Crippen LogP contribution in [-0.2, 0) is 16.0 Å². The lowest BCUT2D eigenvalue weighted by Crippen LogP contribution is -2.38. The van der Waals surface area contributed by atoms with E-state index in [1.807, 2.05) is 40.9 Å². The Kier molecular flexibility index (Phi) is 6.79. The van der Waals surface area contributed by atoms with Gasteiger partial charge in [-0.1, -0.05) is 37.8 Å². The summed E-state index contributed by atoms with van der Waals surface area (Å²) in [5.74, 6) is 3.12. The number of benzene rings is 1. The molecule has 1 heterocycles. The number of nitrogens with one attached hydrogen (secondary N) is 1. The van der Waals surface area contributed by atoms with Gasteiger partial charge in [0.1, 0.15) is 0 Å². The van der Waals surface area contributed by atoms with Gasteiger partial charge in [-0.05, 0) is 30.0 Å². The number of nitrogens with zero attached hydrogens (tertiary/aromatic N) is 1. The summed E-state index contributed by atoms with van der Waals surface area (Å²) < 4.78 is 0. The molecule has 5 heteroatoms. The number of hydrogen-bond acceptors (Lipinski definition) is 3. The van der Waals surface area contributed by atoms with Gasteiger partial charge in [0.05, 0.1) is 6.42 Å². The smallest absolute Gasteiger partial charge is 0.227 e. The Morgan fingerprint density at radius 2 is 1.76 bits per heavy atom. The average molecular weight is 361 g/mol. The van der Waals surface area contributed by atoms with Gasteiger partial charge >= 0.3 is 0 Å². The molecular weight excluding hydrogens is 332 g/mol. The van der Waals surface area contributed by atoms with Crippen LogP contribution < -0.4 is 5.32 Å². The summed E-state index contributed by atoms with van der Waals surface area (Å²) in [6.07, 6.45) is 7.27. The summed E-state index contributed by atoms with van der Waals surface area (Å²) in [6.45, 7) is 1.72. The summed E-state index contributed by atoms with van der Waals surface area (Å²) in [5.41, 5.74) is 1.83. The van der Waals surface area contributed by atoms with E-state index in [1.165, 1.54) is 25.7 Å². The zero-order chi connectivity index (χ0) is 17.5. The zero-order valence-electron chi connectivity index (χ0n) is 14.8. The molecule has 0 spiro atoms. The summed E-state index contributed by atoms with van der Waals surface area (Å²) in [5, 5.41) is 2.97. The third kappa shape index (κ3) is 5.77. The van der Waals surface area contributed by atoms with Gasteiger partial charge in [0, 0.05) is 36.7 Å². The maximum absolute atomic E-state index is 12.3. The lowest BCUT2D eigenvalue weighted by atomic mass is 10.0. The molecule has 2 fully saturated rings. The predicted molar refractivity (Wildman–Crippen MR) is 104 cm³/mol. The Hall–Kier alpha value is -1.49. The van der Waals surface area contributed by atoms with E-state index >= 15 is 0 Å². The van der Waals surface area contributed by atoms with E-state index in [4.69, 9.17) is 0 Å². The van der Waals surface area contributed by atoms with Crippen LogP contribution in [0.4, 0.5) is 5.69 Å². The van der Waals surface area contributed by atoms with E-state index in [0.717, 1.165) is 48.2 Å². The molecule has 1 saturated heterocycles. The molecule has 1 aliphatic heterocycles. The number of thioether (sulfide) groups is 1. The Morgan fingerprint density at radius 3 is 2.44 bits per heavy atom. The van der Waals surface area contributed by atoms with Crippen molar-refractivity contribution < 1.29 is 9.59 Å². The Balaban J connectivity index is 1.43. The van der Waals surface area contributed by atoms with Crippen LogP contribution in [0.2, 0.25) is 0 Å². The summed E-state index contributed by atoms with van der Waals surface area (Å²) in [6, 6.07) is 7.70. The molecule has 2 amide bonds. The van der Waals surface area contributed by atoms with Gasteiger partial charge in [0.25, 0.3) is 0 Å². The second-order valence-electron chi connectivity index (χ2n) is 7.10. The maximum Gasteiger partial charge on any atom is 0.227 e. The SMILES string of the molecule is O=C(CCC1CCCC1)Nc1ccc(CC(=O)N2CCSCC2)cc1. The van der Waals surface area contributed by atoms with Gasteiger partial charge in [0.15, 0.2) is 0 Å². The highest BCUT2D eigenvalue weighted by Crippen LogP contribution is 2.28. The number of anilines is 1. The quantitative estimate of drug-likeness (QED) is 0.841. The molecule has 0 bridgehead atoms. The lowest BCUT2D eigenvalue weighted by molar-refractivity contribution is -0.130. The van der Waals surface area contributed by atoms with Gasteiger partial charge in [0.2, 0.25) is 11.8 Å². The Labute approximate surface area is 154 Å². The third-order valence-electron chi connectivity index (χ3n) is 5.21. The number of amides is 2. The third-order valence-corrected chi connectivity index (χ3v) is 6.15. The topological polar surface area (TPSA) is 49.4 Å². The van der Waals surface area contributed by atoms with Gasteiger partial charge in [-0.3, -0.25) is 9.59 Å². The fraction of sp³-hybridized carbons (Fsp3) is 0.600. The minimum atomic E-state index is 0.0987. The van der Waals surface area contributed by atoms with E-state index in [1.54, 1.807) is 0 Å². The van der Waals surface area contributed by atoms with E-state index in [9.17, 15) is 9.59 Å². The van der Waals surface area contributed by atoms with Gasteiger partial charge in [-0.2, -0.15) is 11.8 Å². The minimum absolute atomic E-state index is 0.0987. The summed E-state index contributed by atoms with van der Waals surface area (Å²) in [7, 11) is 0. The van der Waals surface area contributed by atoms with Crippen molar-refractivity contribution in [2.24, 2.45) is 5.92 Å². The monoisotopic (exact) mass is 360 g/mol. The van der Waals surface area contributed by atoms with Gasteiger partial charge in [-0.25, -0.2) is 0 Å². The normalized spacial score (nSPS) is 18.3. The zero-order valence-corrected chi connectivity index (χ0v) is 15.7. The molecule has 2 aliphatic rings. The van der Waals surface area contributed by atoms with Crippen LogP contribution in [-0.4, -0.2) is 41.3 Å². The molecule has 25 heavy (non-hydrogen) atoms. The number of carbonyl (C=O) groups is 2. The van der Waals surface area contributed by atoms with Crippen LogP contribution in [0.25, 0.3) is 0 Å². The number of hydrogen-bond donors (Lipinski definition) is 1. The molecule has 4 nitrogen and oxygen atoms in total. The van der Waals surface area contributed by atoms with Crippen LogP contribution >= 0.6 is 11.8 Å². The molecule has 1 aromatic rings. The molecule has 1 aliphatic carbocycles. The van der Waals surface area contributed by atoms with Crippen molar-refractivity contribution in [3.63, 3.8) is 0 Å². The first-order valence-corrected chi connectivity index (χ1v) is 10.6. The van der Waals surface area contributed by atoms with Crippen molar-refractivity contribution >= 4 is 29.3 Å². The molecule has 3 rings (SSSR count). The first-order chi connectivity index (χ1) is 12.2. The second kappa shape index (κ2) is 9.27. The van der Waals surface area contributed by atoms with Crippen LogP contribution in [0.15, 0.2) is 24.3 Å². The summed E-state index contributed by atoms with van der Waals surface area (Å²) in [4.78, 5) is 26.3. The Morgan fingerprint density at radius 1 is 1.08 bits per heavy atom. The van der Waals surface area contributed by atoms with Crippen molar-refractivity contribution in [1.82, 2.24) is 4.90 Å². The molecule has 1 aromatic carbocycles. The van der Waals surface area contributed by atoms with Crippen LogP contribution in [0.5, 0.6) is 0 Å². The van der Waals surface area contributed by atoms with Crippen molar-refractivity contribution in [3.8, 4) is 0 Å². The molecule has 1 saturated carbocycles.